The van der Waals surface area contributed by atoms with E-state index in [1.54, 1.807) is 34.0 Å². The van der Waals surface area contributed by atoms with E-state index in [0.717, 1.165) is 0 Å². The quantitative estimate of drug-likeness (QED) is 0.221. The lowest BCUT2D eigenvalue weighted by molar-refractivity contribution is -0.153. The minimum atomic E-state index is -2.66. The standard InChI is InChI=1S/C25H29N3O8/c1-5-36-27-10(2)12-6-7-15(29)17-13(12)8-11-9-14-19(28(3)4)21(31)18(24(26)34)23(33)25(14,35)22(32)16(11)20(17)30/h6-7,11,14,19,29-30,33,35H,5,8-9H2,1-4H3,(H2,26,34)/b27-10+/t11-,14-,19-,25-/m0/s1. The van der Waals surface area contributed by atoms with Gasteiger partial charge in [0.25, 0.3) is 5.91 Å². The minimum Gasteiger partial charge on any atom is -0.508 e. The predicted molar refractivity (Wildman–Crippen MR) is 128 cm³/mol. The highest BCUT2D eigenvalue weighted by atomic mass is 16.6. The van der Waals surface area contributed by atoms with Crippen molar-refractivity contribution >= 4 is 28.9 Å². The number of phenolic OH excluding ortho intramolecular Hbond substituents is 1. The van der Waals surface area contributed by atoms with Crippen molar-refractivity contribution in [1.82, 2.24) is 4.90 Å². The minimum absolute atomic E-state index is 0.00911. The normalized spacial score (nSPS) is 28.2. The summed E-state index contributed by atoms with van der Waals surface area (Å²) in [6.45, 7) is 3.83. The summed E-state index contributed by atoms with van der Waals surface area (Å²) in [5.74, 6) is -6.85. The number of oxime groups is 1. The Morgan fingerprint density at radius 2 is 1.92 bits per heavy atom. The molecule has 1 amide bonds. The number of ketones is 2. The van der Waals surface area contributed by atoms with Crippen molar-refractivity contribution in [2.45, 2.75) is 38.3 Å². The monoisotopic (exact) mass is 499 g/mol. The van der Waals surface area contributed by atoms with Gasteiger partial charge in [0, 0.05) is 17.1 Å². The first-order chi connectivity index (χ1) is 16.9. The Labute approximate surface area is 207 Å². The van der Waals surface area contributed by atoms with Crippen LogP contribution in [0.3, 0.4) is 0 Å². The van der Waals surface area contributed by atoms with E-state index in [4.69, 9.17) is 10.6 Å². The van der Waals surface area contributed by atoms with Gasteiger partial charge in [0.15, 0.2) is 11.4 Å². The van der Waals surface area contributed by atoms with Crippen molar-refractivity contribution < 1.29 is 39.6 Å². The van der Waals surface area contributed by atoms with Crippen molar-refractivity contribution in [2.24, 2.45) is 22.7 Å². The Balaban J connectivity index is 1.96. The molecule has 0 aliphatic heterocycles. The first kappa shape index (κ1) is 25.4. The third kappa shape index (κ3) is 3.41. The number of primary amides is 1. The SMILES string of the molecule is CCO/N=C(\C)c1ccc(O)c2c1C[C@H]1C[C@H]3[C@H](N(C)C)C(=O)C(C(N)=O)=C(O)[C@@]3(O)C(=O)C1=C2O. The molecule has 3 aliphatic rings. The number of aliphatic hydroxyl groups excluding tert-OH is 2. The summed E-state index contributed by atoms with van der Waals surface area (Å²) in [4.78, 5) is 45.6. The van der Waals surface area contributed by atoms with Crippen LogP contribution in [0.15, 0.2) is 34.2 Å². The fourth-order valence-electron chi connectivity index (χ4n) is 5.79. The summed E-state index contributed by atoms with van der Waals surface area (Å²) in [5.41, 5.74) is 3.25. The third-order valence-corrected chi connectivity index (χ3v) is 7.32. The predicted octanol–water partition coefficient (Wildman–Crippen LogP) is 0.725. The van der Waals surface area contributed by atoms with E-state index in [0.29, 0.717) is 23.4 Å². The van der Waals surface area contributed by atoms with Crippen LogP contribution in [0.25, 0.3) is 5.76 Å². The molecule has 3 aliphatic carbocycles. The van der Waals surface area contributed by atoms with Gasteiger partial charge in [-0.25, -0.2) is 0 Å². The number of hydrogen-bond donors (Lipinski definition) is 5. The molecule has 0 unspecified atom stereocenters. The number of phenols is 1. The number of rotatable bonds is 5. The second kappa shape index (κ2) is 8.75. The lowest BCUT2D eigenvalue weighted by Gasteiger charge is -2.50. The van der Waals surface area contributed by atoms with E-state index >= 15 is 0 Å². The zero-order chi connectivity index (χ0) is 26.7. The summed E-state index contributed by atoms with van der Waals surface area (Å²) < 4.78 is 0. The lowest BCUT2D eigenvalue weighted by atomic mass is 9.57. The average molecular weight is 500 g/mol. The number of aromatic hydroxyl groups is 1. The first-order valence-electron chi connectivity index (χ1n) is 11.5. The van der Waals surface area contributed by atoms with Crippen molar-refractivity contribution in [3.8, 4) is 5.75 Å². The van der Waals surface area contributed by atoms with Gasteiger partial charge in [0.1, 0.15) is 29.4 Å². The highest BCUT2D eigenvalue weighted by Crippen LogP contribution is 2.52. The molecule has 0 aromatic heterocycles. The molecule has 11 nitrogen and oxygen atoms in total. The molecule has 4 rings (SSSR count). The van der Waals surface area contributed by atoms with Gasteiger partial charge in [-0.15, -0.1) is 0 Å². The molecule has 0 bridgehead atoms. The van der Waals surface area contributed by atoms with E-state index < -0.39 is 58.0 Å². The number of benzene rings is 1. The summed E-state index contributed by atoms with van der Waals surface area (Å²) in [5, 5.41) is 48.3. The smallest absolute Gasteiger partial charge is 0.255 e. The zero-order valence-corrected chi connectivity index (χ0v) is 20.4. The van der Waals surface area contributed by atoms with Crippen molar-refractivity contribution in [3.63, 3.8) is 0 Å². The number of likely N-dealkylation sites (N-methyl/N-ethyl adjacent to an activating group) is 1. The maximum atomic E-state index is 13.8. The third-order valence-electron chi connectivity index (χ3n) is 7.32. The molecule has 1 aromatic rings. The van der Waals surface area contributed by atoms with E-state index in [-0.39, 0.29) is 29.7 Å². The number of nitrogens with two attached hydrogens (primary N) is 1. The van der Waals surface area contributed by atoms with Gasteiger partial charge in [-0.1, -0.05) is 5.16 Å². The van der Waals surface area contributed by atoms with Crippen LogP contribution in [-0.2, 0) is 25.6 Å². The van der Waals surface area contributed by atoms with Gasteiger partial charge in [-0.3, -0.25) is 19.3 Å². The van der Waals surface area contributed by atoms with Gasteiger partial charge in [0.2, 0.25) is 5.78 Å². The van der Waals surface area contributed by atoms with Gasteiger partial charge >= 0.3 is 0 Å². The van der Waals surface area contributed by atoms with Crippen molar-refractivity contribution in [1.29, 1.82) is 0 Å². The van der Waals surface area contributed by atoms with Crippen LogP contribution in [0.4, 0.5) is 0 Å². The van der Waals surface area contributed by atoms with Crippen molar-refractivity contribution in [3.05, 3.63) is 45.7 Å². The number of aliphatic hydroxyl groups is 3. The Morgan fingerprint density at radius 1 is 1.25 bits per heavy atom. The molecule has 6 N–H and O–H groups in total. The van der Waals surface area contributed by atoms with E-state index in [2.05, 4.69) is 5.16 Å². The van der Waals surface area contributed by atoms with Gasteiger partial charge in [-0.2, -0.15) is 0 Å². The highest BCUT2D eigenvalue weighted by molar-refractivity contribution is 6.24. The highest BCUT2D eigenvalue weighted by Gasteiger charge is 2.64. The Hall–Kier alpha value is -3.70. The number of carbonyl (C=O) groups is 3. The van der Waals surface area contributed by atoms with Crippen LogP contribution in [0.2, 0.25) is 0 Å². The lowest BCUT2D eigenvalue weighted by Crippen LogP contribution is -2.65. The molecule has 36 heavy (non-hydrogen) atoms. The molecule has 1 saturated carbocycles. The fourth-order valence-corrected chi connectivity index (χ4v) is 5.79. The molecule has 11 heteroatoms. The van der Waals surface area contributed by atoms with E-state index in [9.17, 15) is 34.8 Å². The number of Topliss-reactive ketones (excluding diaryl/α,β-unsaturated/α-hetero) is 2. The molecule has 1 fully saturated rings. The summed E-state index contributed by atoms with van der Waals surface area (Å²) >= 11 is 0. The largest absolute Gasteiger partial charge is 0.508 e. The number of nitrogens with zero attached hydrogens (tertiary/aromatic N) is 2. The molecule has 192 valence electrons. The van der Waals surface area contributed by atoms with E-state index in [1.165, 1.54) is 11.0 Å². The molecule has 0 radical (unpaired) electrons. The number of amides is 1. The van der Waals surface area contributed by atoms with Crippen LogP contribution in [0.1, 0.15) is 37.0 Å². The Morgan fingerprint density at radius 3 is 2.50 bits per heavy atom. The summed E-state index contributed by atoms with van der Waals surface area (Å²) in [6, 6.07) is 1.85. The van der Waals surface area contributed by atoms with Gasteiger partial charge < -0.3 is 31.0 Å². The fraction of sp³-hybridized carbons (Fsp3) is 0.440. The summed E-state index contributed by atoms with van der Waals surface area (Å²) in [6.07, 6.45) is 0.194. The van der Waals surface area contributed by atoms with Crippen LogP contribution in [-0.4, -0.2) is 80.9 Å². The maximum Gasteiger partial charge on any atom is 0.255 e. The molecular formula is C25H29N3O8. The molecule has 0 saturated heterocycles. The molecule has 1 aromatic carbocycles. The molecule has 0 spiro atoms. The van der Waals surface area contributed by atoms with E-state index in [1.807, 2.05) is 0 Å². The van der Waals surface area contributed by atoms with Crippen LogP contribution in [0, 0.1) is 11.8 Å². The van der Waals surface area contributed by atoms with Gasteiger partial charge in [-0.05, 0) is 64.4 Å². The van der Waals surface area contributed by atoms with Gasteiger partial charge in [0.05, 0.1) is 17.3 Å². The average Bonchev–Trinajstić information content (AvgIpc) is 2.79. The second-order valence-electron chi connectivity index (χ2n) is 9.54. The van der Waals surface area contributed by atoms with Crippen LogP contribution in [0.5, 0.6) is 5.75 Å². The van der Waals surface area contributed by atoms with Crippen LogP contribution < -0.4 is 5.73 Å². The number of fused-ring (bicyclic) bond motifs is 3. The number of carbonyl (C=O) groups excluding carboxylic acids is 3. The summed E-state index contributed by atoms with van der Waals surface area (Å²) in [7, 11) is 3.11. The molecular weight excluding hydrogens is 470 g/mol. The van der Waals surface area contributed by atoms with Crippen molar-refractivity contribution in [2.75, 3.05) is 20.7 Å². The Bertz CT molecular complexity index is 1280. The molecule has 4 atom stereocenters. The Kier molecular flexibility index (Phi) is 6.17. The van der Waals surface area contributed by atoms with Crippen LogP contribution >= 0.6 is 0 Å². The first-order valence-corrected chi connectivity index (χ1v) is 11.5. The zero-order valence-electron chi connectivity index (χ0n) is 20.4. The second-order valence-corrected chi connectivity index (χ2v) is 9.54. The topological polar surface area (TPSA) is 183 Å². The maximum absolute atomic E-state index is 13.8. The molecule has 0 heterocycles. The number of hydrogen-bond acceptors (Lipinski definition) is 10.